The topological polar surface area (TPSA) is 64.2 Å². The lowest BCUT2D eigenvalue weighted by molar-refractivity contribution is 0.377. The Balaban J connectivity index is 3.13. The molecule has 0 aliphatic carbocycles. The van der Waals surface area contributed by atoms with Gasteiger partial charge in [-0.2, -0.15) is 5.10 Å². The minimum absolute atomic E-state index is 0.00428. The highest BCUT2D eigenvalue weighted by Gasteiger charge is 2.22. The van der Waals surface area contributed by atoms with Crippen LogP contribution in [0.1, 0.15) is 27.2 Å². The molecule has 108 valence electrons. The van der Waals surface area contributed by atoms with E-state index in [4.69, 9.17) is 5.73 Å². The molecule has 0 saturated heterocycles. The molecule has 0 radical (unpaired) electrons. The van der Waals surface area contributed by atoms with Gasteiger partial charge in [-0.15, -0.1) is 0 Å². The Hall–Kier alpha value is -0.880. The summed E-state index contributed by atoms with van der Waals surface area (Å²) in [5.74, 6) is 0. The molecule has 1 aromatic heterocycles. The van der Waals surface area contributed by atoms with Crippen LogP contribution in [-0.4, -0.2) is 29.4 Å². The van der Waals surface area contributed by atoms with E-state index in [1.807, 2.05) is 0 Å². The van der Waals surface area contributed by atoms with Crippen LogP contribution in [0.15, 0.2) is 15.5 Å². The fourth-order valence-electron chi connectivity index (χ4n) is 1.86. The molecule has 0 spiro atoms. The smallest absolute Gasteiger partial charge is 0.282 e. The average molecular weight is 331 g/mol. The first-order valence-electron chi connectivity index (χ1n) is 6.49. The zero-order valence-corrected chi connectivity index (χ0v) is 13.7. The maximum Gasteiger partial charge on any atom is 0.282 e. The van der Waals surface area contributed by atoms with E-state index in [-0.39, 0.29) is 11.0 Å². The molecule has 6 heteroatoms. The predicted molar refractivity (Wildman–Crippen MR) is 82.5 cm³/mol. The first-order valence-corrected chi connectivity index (χ1v) is 7.28. The number of halogens is 1. The summed E-state index contributed by atoms with van der Waals surface area (Å²) < 4.78 is 1.89. The van der Waals surface area contributed by atoms with Crippen molar-refractivity contribution in [2.75, 3.05) is 24.5 Å². The second kappa shape index (κ2) is 6.52. The molecule has 0 unspecified atom stereocenters. The average Bonchev–Trinajstić information content (AvgIpc) is 2.35. The van der Waals surface area contributed by atoms with Crippen LogP contribution in [0.4, 0.5) is 5.69 Å². The van der Waals surface area contributed by atoms with Crippen LogP contribution in [0.3, 0.4) is 0 Å². The molecule has 0 saturated carbocycles. The lowest BCUT2D eigenvalue weighted by Gasteiger charge is -2.33. The SMILES string of the molecule is CCCN(CC(C)(C)CN)c1cnn(C)c(=O)c1Br. The van der Waals surface area contributed by atoms with Crippen LogP contribution in [0.25, 0.3) is 0 Å². The molecule has 19 heavy (non-hydrogen) atoms. The van der Waals surface area contributed by atoms with Gasteiger partial charge in [0.15, 0.2) is 0 Å². The Bertz CT molecular complexity index is 484. The molecular weight excluding hydrogens is 308 g/mol. The van der Waals surface area contributed by atoms with Crippen molar-refractivity contribution in [1.29, 1.82) is 0 Å². The van der Waals surface area contributed by atoms with Crippen LogP contribution < -0.4 is 16.2 Å². The first-order chi connectivity index (χ1) is 8.82. The van der Waals surface area contributed by atoms with Crippen LogP contribution in [0.2, 0.25) is 0 Å². The molecule has 1 heterocycles. The molecule has 0 amide bonds. The molecule has 0 aliphatic heterocycles. The number of anilines is 1. The van der Waals surface area contributed by atoms with Crippen molar-refractivity contribution < 1.29 is 0 Å². The Labute approximate surface area is 122 Å². The number of nitrogens with two attached hydrogens (primary N) is 1. The number of hydrogen-bond acceptors (Lipinski definition) is 4. The minimum Gasteiger partial charge on any atom is -0.369 e. The zero-order valence-electron chi connectivity index (χ0n) is 12.1. The second-order valence-electron chi connectivity index (χ2n) is 5.56. The Morgan fingerprint density at radius 3 is 2.68 bits per heavy atom. The summed E-state index contributed by atoms with van der Waals surface area (Å²) in [6.07, 6.45) is 2.73. The van der Waals surface area contributed by atoms with E-state index in [2.05, 4.69) is 46.7 Å². The third-order valence-corrected chi connectivity index (χ3v) is 3.81. The van der Waals surface area contributed by atoms with Crippen molar-refractivity contribution in [3.8, 4) is 0 Å². The van der Waals surface area contributed by atoms with Gasteiger partial charge in [0.05, 0.1) is 11.9 Å². The van der Waals surface area contributed by atoms with Crippen LogP contribution >= 0.6 is 15.9 Å². The number of aromatic nitrogens is 2. The zero-order chi connectivity index (χ0) is 14.6. The summed E-state index contributed by atoms with van der Waals surface area (Å²) in [6, 6.07) is 0. The van der Waals surface area contributed by atoms with Gasteiger partial charge in [-0.3, -0.25) is 4.79 Å². The van der Waals surface area contributed by atoms with E-state index >= 15 is 0 Å². The van der Waals surface area contributed by atoms with Gasteiger partial charge >= 0.3 is 0 Å². The van der Waals surface area contributed by atoms with E-state index in [1.165, 1.54) is 4.68 Å². The van der Waals surface area contributed by atoms with E-state index in [0.717, 1.165) is 25.2 Å². The van der Waals surface area contributed by atoms with Crippen molar-refractivity contribution in [2.24, 2.45) is 18.2 Å². The third kappa shape index (κ3) is 4.04. The standard InChI is InChI=1S/C13H23BrN4O/c1-5-6-18(9-13(2,3)8-15)10-7-16-17(4)12(19)11(10)14/h7H,5-6,8-9,15H2,1-4H3. The van der Waals surface area contributed by atoms with Crippen molar-refractivity contribution in [3.05, 3.63) is 21.0 Å². The van der Waals surface area contributed by atoms with Crippen LogP contribution in [0, 0.1) is 5.41 Å². The molecule has 1 rings (SSSR count). The summed E-state index contributed by atoms with van der Waals surface area (Å²) >= 11 is 3.38. The predicted octanol–water partition coefficient (Wildman–Crippen LogP) is 1.74. The fraction of sp³-hybridized carbons (Fsp3) is 0.692. The molecule has 5 nitrogen and oxygen atoms in total. The highest BCUT2D eigenvalue weighted by molar-refractivity contribution is 9.10. The molecule has 2 N–H and O–H groups in total. The van der Waals surface area contributed by atoms with Crippen molar-refractivity contribution in [2.45, 2.75) is 27.2 Å². The van der Waals surface area contributed by atoms with E-state index in [1.54, 1.807) is 13.2 Å². The number of hydrogen-bond donors (Lipinski definition) is 1. The van der Waals surface area contributed by atoms with Gasteiger partial charge in [0.1, 0.15) is 4.47 Å². The summed E-state index contributed by atoms with van der Waals surface area (Å²) in [7, 11) is 1.64. The van der Waals surface area contributed by atoms with Crippen molar-refractivity contribution >= 4 is 21.6 Å². The first kappa shape index (κ1) is 16.2. The molecular formula is C13H23BrN4O. The van der Waals surface area contributed by atoms with E-state index in [0.29, 0.717) is 11.0 Å². The fourth-order valence-corrected chi connectivity index (χ4v) is 2.47. The van der Waals surface area contributed by atoms with Gasteiger partial charge in [-0.05, 0) is 34.3 Å². The Morgan fingerprint density at radius 2 is 2.16 bits per heavy atom. The van der Waals surface area contributed by atoms with Gasteiger partial charge in [0.25, 0.3) is 5.56 Å². The number of rotatable bonds is 6. The van der Waals surface area contributed by atoms with Crippen LogP contribution in [0.5, 0.6) is 0 Å². The second-order valence-corrected chi connectivity index (χ2v) is 6.36. The Morgan fingerprint density at radius 1 is 1.53 bits per heavy atom. The van der Waals surface area contributed by atoms with E-state index < -0.39 is 0 Å². The third-order valence-electron chi connectivity index (χ3n) is 3.07. The molecule has 0 bridgehead atoms. The van der Waals surface area contributed by atoms with Gasteiger partial charge in [0.2, 0.25) is 0 Å². The van der Waals surface area contributed by atoms with Gasteiger partial charge in [0, 0.05) is 20.1 Å². The molecule has 0 aromatic carbocycles. The lowest BCUT2D eigenvalue weighted by atomic mass is 9.93. The maximum atomic E-state index is 11.9. The summed E-state index contributed by atoms with van der Waals surface area (Å²) in [6.45, 7) is 8.63. The molecule has 0 atom stereocenters. The van der Waals surface area contributed by atoms with Crippen LogP contribution in [-0.2, 0) is 7.05 Å². The summed E-state index contributed by atoms with van der Waals surface area (Å²) in [4.78, 5) is 14.1. The highest BCUT2D eigenvalue weighted by Crippen LogP contribution is 2.25. The Kier molecular flexibility index (Phi) is 5.55. The van der Waals surface area contributed by atoms with Gasteiger partial charge in [-0.25, -0.2) is 4.68 Å². The number of nitrogens with zero attached hydrogens (tertiary/aromatic N) is 3. The van der Waals surface area contributed by atoms with Crippen molar-refractivity contribution in [3.63, 3.8) is 0 Å². The molecule has 0 fully saturated rings. The normalized spacial score (nSPS) is 11.7. The van der Waals surface area contributed by atoms with Gasteiger partial charge < -0.3 is 10.6 Å². The van der Waals surface area contributed by atoms with E-state index in [9.17, 15) is 4.79 Å². The molecule has 1 aromatic rings. The van der Waals surface area contributed by atoms with Gasteiger partial charge in [-0.1, -0.05) is 20.8 Å². The highest BCUT2D eigenvalue weighted by atomic mass is 79.9. The largest absolute Gasteiger partial charge is 0.369 e. The van der Waals surface area contributed by atoms with Crippen molar-refractivity contribution in [1.82, 2.24) is 9.78 Å². The minimum atomic E-state index is -0.121. The molecule has 0 aliphatic rings. The monoisotopic (exact) mass is 330 g/mol. The summed E-state index contributed by atoms with van der Waals surface area (Å²) in [5.41, 5.74) is 6.51. The summed E-state index contributed by atoms with van der Waals surface area (Å²) in [5, 5.41) is 4.10. The number of aryl methyl sites for hydroxylation is 1. The quantitative estimate of drug-likeness (QED) is 0.862. The lowest BCUT2D eigenvalue weighted by Crippen LogP contribution is -2.40. The maximum absolute atomic E-state index is 11.9.